The second-order valence-electron chi connectivity index (χ2n) is 2.02. The smallest absolute Gasteiger partial charge is 0.170 e. The summed E-state index contributed by atoms with van der Waals surface area (Å²) < 4.78 is 66.0. The predicted molar refractivity (Wildman–Crippen MR) is 50.5 cm³/mol. The standard InChI is InChI=1S/C4HBr2F6I/c5-2(6,4(10,11)12)1(13)3(7,8)9/h1H. The van der Waals surface area contributed by atoms with Crippen LogP contribution in [0.25, 0.3) is 0 Å². The Morgan fingerprint density at radius 2 is 1.23 bits per heavy atom. The molecule has 1 unspecified atom stereocenters. The van der Waals surface area contributed by atoms with Gasteiger partial charge in [-0.2, -0.15) is 26.3 Å². The van der Waals surface area contributed by atoms with E-state index in [1.54, 1.807) is 0 Å². The first kappa shape index (κ1) is 14.3. The maximum Gasteiger partial charge on any atom is 0.414 e. The van der Waals surface area contributed by atoms with Crippen molar-refractivity contribution in [3.8, 4) is 0 Å². The fourth-order valence-corrected chi connectivity index (χ4v) is 1.22. The van der Waals surface area contributed by atoms with Crippen LogP contribution in [0.3, 0.4) is 0 Å². The number of hydrogen-bond donors (Lipinski definition) is 0. The van der Waals surface area contributed by atoms with Gasteiger partial charge in [0.2, 0.25) is 0 Å². The average Bonchev–Trinajstić information content (AvgIpc) is 1.81. The van der Waals surface area contributed by atoms with Crippen LogP contribution in [0, 0.1) is 0 Å². The molecule has 0 N–H and O–H groups in total. The van der Waals surface area contributed by atoms with Crippen LogP contribution in [-0.2, 0) is 0 Å². The summed E-state index contributed by atoms with van der Waals surface area (Å²) in [7, 11) is 0. The van der Waals surface area contributed by atoms with Crippen LogP contribution in [0.2, 0.25) is 0 Å². The van der Waals surface area contributed by atoms with Crippen molar-refractivity contribution in [3.63, 3.8) is 0 Å². The van der Waals surface area contributed by atoms with Crippen molar-refractivity contribution in [2.24, 2.45) is 0 Å². The first-order valence-corrected chi connectivity index (χ1v) is 5.39. The SMILES string of the molecule is FC(F)(F)C(I)C(Br)(Br)C(F)(F)F. The number of hydrogen-bond acceptors (Lipinski definition) is 0. The summed E-state index contributed by atoms with van der Waals surface area (Å²) in [6.07, 6.45) is -9.95. The van der Waals surface area contributed by atoms with E-state index in [9.17, 15) is 26.3 Å². The Morgan fingerprint density at radius 3 is 1.31 bits per heavy atom. The quantitative estimate of drug-likeness (QED) is 0.316. The number of alkyl halides is 9. The topological polar surface area (TPSA) is 0 Å². The minimum absolute atomic E-state index is 0.678. The molecule has 0 aromatic carbocycles. The molecule has 13 heavy (non-hydrogen) atoms. The van der Waals surface area contributed by atoms with E-state index in [-0.39, 0.29) is 0 Å². The second-order valence-corrected chi connectivity index (χ2v) is 6.84. The molecule has 1 atom stereocenters. The van der Waals surface area contributed by atoms with Gasteiger partial charge in [0.05, 0.1) is 0 Å². The van der Waals surface area contributed by atoms with Crippen molar-refractivity contribution >= 4 is 54.5 Å². The van der Waals surface area contributed by atoms with Crippen molar-refractivity contribution in [2.75, 3.05) is 0 Å². The van der Waals surface area contributed by atoms with E-state index in [0.717, 1.165) is 0 Å². The molecule has 0 aliphatic carbocycles. The van der Waals surface area contributed by atoms with Crippen molar-refractivity contribution in [1.29, 1.82) is 0 Å². The van der Waals surface area contributed by atoms with Crippen molar-refractivity contribution in [1.82, 2.24) is 0 Å². The first-order chi connectivity index (χ1) is 5.40. The molecule has 0 aliphatic heterocycles. The average molecular weight is 450 g/mol. The Balaban J connectivity index is 4.86. The highest BCUT2D eigenvalue weighted by Crippen LogP contribution is 2.52. The van der Waals surface area contributed by atoms with Gasteiger partial charge in [0.15, 0.2) is 3.23 Å². The molecule has 0 heterocycles. The molecule has 0 rings (SSSR count). The minimum atomic E-state index is -5.02. The molecule has 9 heteroatoms. The lowest BCUT2D eigenvalue weighted by Crippen LogP contribution is -2.47. The van der Waals surface area contributed by atoms with Gasteiger partial charge in [-0.05, 0) is 0 Å². The summed E-state index contributed by atoms with van der Waals surface area (Å²) in [5.74, 6) is 0. The lowest BCUT2D eigenvalue weighted by molar-refractivity contribution is -0.174. The molecule has 0 bridgehead atoms. The van der Waals surface area contributed by atoms with Gasteiger partial charge in [-0.15, -0.1) is 0 Å². The van der Waals surface area contributed by atoms with E-state index in [0.29, 0.717) is 22.6 Å². The van der Waals surface area contributed by atoms with Crippen molar-refractivity contribution in [3.05, 3.63) is 0 Å². The fourth-order valence-electron chi connectivity index (χ4n) is 0.349. The van der Waals surface area contributed by atoms with Crippen LogP contribution in [0.4, 0.5) is 26.3 Å². The largest absolute Gasteiger partial charge is 0.414 e. The molecular weight excluding hydrogens is 449 g/mol. The maximum atomic E-state index is 12.0. The monoisotopic (exact) mass is 448 g/mol. The van der Waals surface area contributed by atoms with Gasteiger partial charge in [-0.1, -0.05) is 54.5 Å². The summed E-state index contributed by atoms with van der Waals surface area (Å²) >= 11 is 4.61. The van der Waals surface area contributed by atoms with Gasteiger partial charge in [0.1, 0.15) is 3.92 Å². The zero-order valence-corrected chi connectivity index (χ0v) is 10.8. The van der Waals surface area contributed by atoms with E-state index in [1.165, 1.54) is 0 Å². The lowest BCUT2D eigenvalue weighted by Gasteiger charge is -2.29. The van der Waals surface area contributed by atoms with Gasteiger partial charge >= 0.3 is 12.4 Å². The Hall–Kier alpha value is 1.27. The van der Waals surface area contributed by atoms with Gasteiger partial charge in [0, 0.05) is 0 Å². The Morgan fingerprint density at radius 1 is 0.923 bits per heavy atom. The van der Waals surface area contributed by atoms with Crippen molar-refractivity contribution < 1.29 is 26.3 Å². The summed E-state index contributed by atoms with van der Waals surface area (Å²) in [6.45, 7) is 0. The van der Waals surface area contributed by atoms with Gasteiger partial charge in [0.25, 0.3) is 0 Å². The molecule has 0 nitrogen and oxygen atoms in total. The molecule has 0 aromatic heterocycles. The van der Waals surface area contributed by atoms with Gasteiger partial charge in [-0.25, -0.2) is 0 Å². The third-order valence-electron chi connectivity index (χ3n) is 0.984. The molecule has 0 aromatic rings. The van der Waals surface area contributed by atoms with Crippen LogP contribution < -0.4 is 0 Å². The normalized spacial score (nSPS) is 17.3. The Bertz CT molecular complexity index is 184. The summed E-state index contributed by atoms with van der Waals surface area (Å²) in [4.78, 5) is 0. The molecule has 0 fully saturated rings. The van der Waals surface area contributed by atoms with E-state index in [2.05, 4.69) is 0 Å². The zero-order chi connectivity index (χ0) is 11.1. The van der Waals surface area contributed by atoms with E-state index in [1.807, 2.05) is 31.9 Å². The van der Waals surface area contributed by atoms with Crippen LogP contribution in [0.5, 0.6) is 0 Å². The Kier molecular flexibility index (Phi) is 4.42. The van der Waals surface area contributed by atoms with Crippen LogP contribution in [-0.4, -0.2) is 19.5 Å². The molecule has 0 amide bonds. The minimum Gasteiger partial charge on any atom is -0.170 e. The molecule has 0 saturated carbocycles. The molecule has 80 valence electrons. The van der Waals surface area contributed by atoms with E-state index >= 15 is 0 Å². The highest BCUT2D eigenvalue weighted by Gasteiger charge is 2.63. The second kappa shape index (κ2) is 4.03. The fraction of sp³-hybridized carbons (Fsp3) is 1.00. The van der Waals surface area contributed by atoms with Crippen molar-refractivity contribution in [2.45, 2.75) is 19.5 Å². The molecule has 0 radical (unpaired) electrons. The zero-order valence-electron chi connectivity index (χ0n) is 5.48. The molecule has 0 saturated heterocycles. The van der Waals surface area contributed by atoms with Crippen LogP contribution in [0.1, 0.15) is 0 Å². The van der Waals surface area contributed by atoms with Gasteiger partial charge < -0.3 is 0 Å². The molecule has 0 spiro atoms. The number of rotatable bonds is 1. The highest BCUT2D eigenvalue weighted by atomic mass is 127. The van der Waals surface area contributed by atoms with E-state index in [4.69, 9.17) is 0 Å². The molecule has 0 aliphatic rings. The summed E-state index contributed by atoms with van der Waals surface area (Å²) in [6, 6.07) is 0. The third kappa shape index (κ3) is 3.40. The highest BCUT2D eigenvalue weighted by molar-refractivity contribution is 14.1. The van der Waals surface area contributed by atoms with Gasteiger partial charge in [-0.3, -0.25) is 0 Å². The molecular formula is C4HBr2F6I. The maximum absolute atomic E-state index is 12.0. The van der Waals surface area contributed by atoms with Crippen LogP contribution >= 0.6 is 54.5 Å². The lowest BCUT2D eigenvalue weighted by atomic mass is 10.3. The Labute approximate surface area is 99.8 Å². The summed E-state index contributed by atoms with van der Waals surface area (Å²) in [5.41, 5.74) is 0. The third-order valence-corrected chi connectivity index (χ3v) is 6.15. The van der Waals surface area contributed by atoms with E-state index < -0.39 is 19.5 Å². The predicted octanol–water partition coefficient (Wildman–Crippen LogP) is 4.40. The summed E-state index contributed by atoms with van der Waals surface area (Å²) in [5, 5.41) is 0. The number of halogens is 9. The first-order valence-electron chi connectivity index (χ1n) is 2.56. The van der Waals surface area contributed by atoms with Crippen LogP contribution in [0.15, 0.2) is 0 Å².